The number of rotatable bonds is 5. The van der Waals surface area contributed by atoms with Gasteiger partial charge in [-0.15, -0.1) is 0 Å². The molecule has 3 nitrogen and oxygen atoms in total. The molecule has 0 amide bonds. The minimum atomic E-state index is -0.504. The van der Waals surface area contributed by atoms with E-state index in [0.29, 0.717) is 12.2 Å². The van der Waals surface area contributed by atoms with Gasteiger partial charge in [0.25, 0.3) is 0 Å². The van der Waals surface area contributed by atoms with Crippen LogP contribution in [0, 0.1) is 0 Å². The van der Waals surface area contributed by atoms with Crippen LogP contribution < -0.4 is 4.74 Å². The van der Waals surface area contributed by atoms with Crippen LogP contribution in [0.4, 0.5) is 0 Å². The summed E-state index contributed by atoms with van der Waals surface area (Å²) in [6.45, 7) is 3.82. The standard InChI is InChI=1S/C12H18O3/c1-3-11(14)10-6-4-5-7-12(10)15-8-9(2)13/h4-7,9,11,13-14H,3,8H2,1-2H3/t9?,11-/m1/s1. The summed E-state index contributed by atoms with van der Waals surface area (Å²) in [5, 5.41) is 18.8. The van der Waals surface area contributed by atoms with Gasteiger partial charge in [-0.1, -0.05) is 25.1 Å². The second-order valence-electron chi connectivity index (χ2n) is 3.62. The number of benzene rings is 1. The SMILES string of the molecule is CC[C@@H](O)c1ccccc1OCC(C)O. The molecule has 1 aromatic carbocycles. The maximum atomic E-state index is 9.73. The van der Waals surface area contributed by atoms with E-state index in [9.17, 15) is 5.11 Å². The molecule has 2 atom stereocenters. The van der Waals surface area contributed by atoms with E-state index in [2.05, 4.69) is 0 Å². The molecule has 0 fully saturated rings. The monoisotopic (exact) mass is 210 g/mol. The third-order valence-electron chi connectivity index (χ3n) is 2.14. The minimum Gasteiger partial charge on any atom is -0.491 e. The van der Waals surface area contributed by atoms with Crippen molar-refractivity contribution in [2.75, 3.05) is 6.61 Å². The zero-order chi connectivity index (χ0) is 11.3. The van der Waals surface area contributed by atoms with Gasteiger partial charge in [0.2, 0.25) is 0 Å². The highest BCUT2D eigenvalue weighted by Gasteiger charge is 2.11. The van der Waals surface area contributed by atoms with Crippen molar-refractivity contribution in [3.63, 3.8) is 0 Å². The fraction of sp³-hybridized carbons (Fsp3) is 0.500. The molecular weight excluding hydrogens is 192 g/mol. The topological polar surface area (TPSA) is 49.7 Å². The molecule has 84 valence electrons. The molecule has 0 aliphatic rings. The van der Waals surface area contributed by atoms with Crippen LogP contribution in [0.5, 0.6) is 5.75 Å². The van der Waals surface area contributed by atoms with Gasteiger partial charge >= 0.3 is 0 Å². The summed E-state index contributed by atoms with van der Waals surface area (Å²) in [6.07, 6.45) is -0.360. The van der Waals surface area contributed by atoms with Gasteiger partial charge in [-0.3, -0.25) is 0 Å². The van der Waals surface area contributed by atoms with E-state index in [0.717, 1.165) is 5.56 Å². The average Bonchev–Trinajstić information content (AvgIpc) is 2.25. The van der Waals surface area contributed by atoms with E-state index < -0.39 is 12.2 Å². The lowest BCUT2D eigenvalue weighted by atomic mass is 10.1. The van der Waals surface area contributed by atoms with Crippen molar-refractivity contribution < 1.29 is 14.9 Å². The maximum Gasteiger partial charge on any atom is 0.125 e. The van der Waals surface area contributed by atoms with Crippen LogP contribution in [0.3, 0.4) is 0 Å². The van der Waals surface area contributed by atoms with E-state index in [1.54, 1.807) is 13.0 Å². The third kappa shape index (κ3) is 3.53. The van der Waals surface area contributed by atoms with Crippen LogP contribution in [0.2, 0.25) is 0 Å². The van der Waals surface area contributed by atoms with Crippen molar-refractivity contribution in [1.82, 2.24) is 0 Å². The van der Waals surface area contributed by atoms with E-state index >= 15 is 0 Å². The van der Waals surface area contributed by atoms with Crippen LogP contribution in [-0.4, -0.2) is 22.9 Å². The summed E-state index contributed by atoms with van der Waals surface area (Å²) >= 11 is 0. The van der Waals surface area contributed by atoms with E-state index in [1.807, 2.05) is 25.1 Å². The van der Waals surface area contributed by atoms with Gasteiger partial charge in [-0.05, 0) is 19.4 Å². The number of hydrogen-bond donors (Lipinski definition) is 2. The Kier molecular flexibility index (Phi) is 4.59. The fourth-order valence-electron chi connectivity index (χ4n) is 1.32. The van der Waals surface area contributed by atoms with E-state index in [4.69, 9.17) is 9.84 Å². The zero-order valence-corrected chi connectivity index (χ0v) is 9.18. The fourth-order valence-corrected chi connectivity index (χ4v) is 1.32. The van der Waals surface area contributed by atoms with Crippen LogP contribution in [0.15, 0.2) is 24.3 Å². The third-order valence-corrected chi connectivity index (χ3v) is 2.14. The molecule has 1 unspecified atom stereocenters. The van der Waals surface area contributed by atoms with E-state index in [-0.39, 0.29) is 6.61 Å². The molecule has 1 aromatic rings. The first kappa shape index (κ1) is 12.0. The van der Waals surface area contributed by atoms with Crippen molar-refractivity contribution in [3.8, 4) is 5.75 Å². The van der Waals surface area contributed by atoms with Crippen LogP contribution >= 0.6 is 0 Å². The lowest BCUT2D eigenvalue weighted by molar-refractivity contribution is 0.116. The summed E-state index contributed by atoms with van der Waals surface area (Å²) in [5.41, 5.74) is 0.778. The lowest BCUT2D eigenvalue weighted by Gasteiger charge is -2.15. The van der Waals surface area contributed by atoms with Gasteiger partial charge in [0.1, 0.15) is 12.4 Å². The van der Waals surface area contributed by atoms with Crippen molar-refractivity contribution in [3.05, 3.63) is 29.8 Å². The first-order valence-electron chi connectivity index (χ1n) is 5.23. The van der Waals surface area contributed by atoms with Gasteiger partial charge in [-0.2, -0.15) is 0 Å². The largest absolute Gasteiger partial charge is 0.491 e. The number of ether oxygens (including phenoxy) is 1. The molecule has 0 saturated carbocycles. The summed E-state index contributed by atoms with van der Waals surface area (Å²) in [4.78, 5) is 0. The molecule has 0 radical (unpaired) electrons. The Morgan fingerprint density at radius 3 is 2.53 bits per heavy atom. The molecule has 3 heteroatoms. The normalized spacial score (nSPS) is 14.7. The Labute approximate surface area is 90.3 Å². The molecule has 0 aliphatic heterocycles. The van der Waals surface area contributed by atoms with Crippen molar-refractivity contribution in [2.45, 2.75) is 32.5 Å². The second kappa shape index (κ2) is 5.73. The Hall–Kier alpha value is -1.06. The Balaban J connectivity index is 2.77. The van der Waals surface area contributed by atoms with Crippen LogP contribution in [-0.2, 0) is 0 Å². The highest BCUT2D eigenvalue weighted by molar-refractivity contribution is 5.34. The maximum absolute atomic E-state index is 9.73. The Morgan fingerprint density at radius 2 is 1.93 bits per heavy atom. The number of aliphatic hydroxyl groups is 2. The second-order valence-corrected chi connectivity index (χ2v) is 3.62. The molecule has 0 heterocycles. The predicted molar refractivity (Wildman–Crippen MR) is 58.9 cm³/mol. The first-order chi connectivity index (χ1) is 7.15. The smallest absolute Gasteiger partial charge is 0.125 e. The van der Waals surface area contributed by atoms with Crippen molar-refractivity contribution in [1.29, 1.82) is 0 Å². The quantitative estimate of drug-likeness (QED) is 0.780. The average molecular weight is 210 g/mol. The van der Waals surface area contributed by atoms with Crippen molar-refractivity contribution >= 4 is 0 Å². The molecule has 1 rings (SSSR count). The minimum absolute atomic E-state index is 0.243. The summed E-state index contributed by atoms with van der Waals surface area (Å²) in [5.74, 6) is 0.646. The van der Waals surface area contributed by atoms with Gasteiger partial charge in [0.15, 0.2) is 0 Å². The summed E-state index contributed by atoms with van der Waals surface area (Å²) in [7, 11) is 0. The molecule has 0 bridgehead atoms. The number of para-hydroxylation sites is 1. The van der Waals surface area contributed by atoms with Gasteiger partial charge in [0.05, 0.1) is 12.2 Å². The first-order valence-corrected chi connectivity index (χ1v) is 5.23. The highest BCUT2D eigenvalue weighted by Crippen LogP contribution is 2.26. The highest BCUT2D eigenvalue weighted by atomic mass is 16.5. The molecule has 15 heavy (non-hydrogen) atoms. The molecule has 0 aromatic heterocycles. The molecule has 0 saturated heterocycles. The molecule has 0 spiro atoms. The predicted octanol–water partition coefficient (Wildman–Crippen LogP) is 1.89. The Morgan fingerprint density at radius 1 is 1.27 bits per heavy atom. The Bertz CT molecular complexity index is 297. The van der Waals surface area contributed by atoms with Gasteiger partial charge in [0, 0.05) is 5.56 Å². The van der Waals surface area contributed by atoms with Crippen molar-refractivity contribution in [2.24, 2.45) is 0 Å². The summed E-state index contributed by atoms with van der Waals surface area (Å²) in [6, 6.07) is 7.36. The zero-order valence-electron chi connectivity index (χ0n) is 9.18. The van der Waals surface area contributed by atoms with Gasteiger partial charge < -0.3 is 14.9 Å². The van der Waals surface area contributed by atoms with Gasteiger partial charge in [-0.25, -0.2) is 0 Å². The summed E-state index contributed by atoms with van der Waals surface area (Å²) < 4.78 is 5.41. The molecule has 2 N–H and O–H groups in total. The lowest BCUT2D eigenvalue weighted by Crippen LogP contribution is -2.14. The van der Waals surface area contributed by atoms with Crippen LogP contribution in [0.25, 0.3) is 0 Å². The molecule has 0 aliphatic carbocycles. The number of hydrogen-bond acceptors (Lipinski definition) is 3. The van der Waals surface area contributed by atoms with E-state index in [1.165, 1.54) is 0 Å². The molecular formula is C12H18O3. The van der Waals surface area contributed by atoms with Crippen LogP contribution in [0.1, 0.15) is 31.9 Å². The number of aliphatic hydroxyl groups excluding tert-OH is 2.